The van der Waals surface area contributed by atoms with Crippen molar-refractivity contribution in [1.29, 1.82) is 0 Å². The number of aryl methyl sites for hydroxylation is 1. The summed E-state index contributed by atoms with van der Waals surface area (Å²) in [6, 6.07) is 10.6. The number of benzene rings is 1. The molecule has 174 valence electrons. The van der Waals surface area contributed by atoms with Crippen molar-refractivity contribution in [2.24, 2.45) is 7.05 Å². The summed E-state index contributed by atoms with van der Waals surface area (Å²) in [5, 5.41) is 3.83. The summed E-state index contributed by atoms with van der Waals surface area (Å²) in [7, 11) is 1.67. The molecule has 3 aromatic heterocycles. The van der Waals surface area contributed by atoms with E-state index in [1.54, 1.807) is 14.0 Å². The lowest BCUT2D eigenvalue weighted by Gasteiger charge is -2.27. The molecule has 1 aliphatic heterocycles. The van der Waals surface area contributed by atoms with E-state index >= 15 is 0 Å². The van der Waals surface area contributed by atoms with Crippen molar-refractivity contribution >= 4 is 5.95 Å². The molecular formula is C24H23FN6O3. The third-order valence-electron chi connectivity index (χ3n) is 5.78. The number of aromatic nitrogens is 5. The van der Waals surface area contributed by atoms with Crippen molar-refractivity contribution in [3.05, 3.63) is 76.4 Å². The van der Waals surface area contributed by atoms with Crippen LogP contribution in [0.15, 0.2) is 58.1 Å². The predicted octanol–water partition coefficient (Wildman–Crippen LogP) is 3.31. The molecule has 1 unspecified atom stereocenters. The number of nitrogens with zero attached hydrogens (tertiary/aromatic N) is 6. The zero-order chi connectivity index (χ0) is 23.7. The number of halogens is 1. The number of hydrogen-bond acceptors (Lipinski definition) is 8. The quantitative estimate of drug-likeness (QED) is 0.456. The summed E-state index contributed by atoms with van der Waals surface area (Å²) < 4.78 is 27.2. The monoisotopic (exact) mass is 462 g/mol. The van der Waals surface area contributed by atoms with Crippen LogP contribution in [0.25, 0.3) is 22.7 Å². The standard InChI is InChI=1S/C24H23FN6O3/c1-15-27-23(34-29-15)17-6-4-16(5-7-17)21-14-31(10-3-11-33-21)24-28-20(12-22(32)30(24)2)18-8-9-26-13-19(18)25/h4-9,12-13,21H,3,10-11,14H2,1-2H3. The average Bonchev–Trinajstić information content (AvgIpc) is 3.13. The first kappa shape index (κ1) is 21.9. The van der Waals surface area contributed by atoms with E-state index in [1.807, 2.05) is 29.2 Å². The molecule has 0 bridgehead atoms. The second-order valence-corrected chi connectivity index (χ2v) is 8.12. The highest BCUT2D eigenvalue weighted by molar-refractivity contribution is 5.60. The van der Waals surface area contributed by atoms with E-state index in [0.717, 1.165) is 23.7 Å². The van der Waals surface area contributed by atoms with Crippen LogP contribution in [0.4, 0.5) is 10.3 Å². The Hall–Kier alpha value is -3.92. The van der Waals surface area contributed by atoms with E-state index < -0.39 is 5.82 Å². The Kier molecular flexibility index (Phi) is 5.89. The van der Waals surface area contributed by atoms with Crippen molar-refractivity contribution in [2.75, 3.05) is 24.6 Å². The third-order valence-corrected chi connectivity index (χ3v) is 5.78. The number of anilines is 1. The van der Waals surface area contributed by atoms with Gasteiger partial charge in [-0.15, -0.1) is 0 Å². The summed E-state index contributed by atoms with van der Waals surface area (Å²) in [6.07, 6.45) is 3.12. The molecule has 0 saturated carbocycles. The van der Waals surface area contributed by atoms with Crippen LogP contribution in [0.3, 0.4) is 0 Å². The topological polar surface area (TPSA) is 99.2 Å². The molecule has 0 radical (unpaired) electrons. The van der Waals surface area contributed by atoms with E-state index in [2.05, 4.69) is 20.1 Å². The van der Waals surface area contributed by atoms with Gasteiger partial charge in [-0.05, 0) is 37.1 Å². The Morgan fingerprint density at radius 3 is 2.71 bits per heavy atom. The first-order valence-electron chi connectivity index (χ1n) is 10.9. The molecule has 5 rings (SSSR count). The van der Waals surface area contributed by atoms with E-state index in [4.69, 9.17) is 9.26 Å². The third kappa shape index (κ3) is 4.32. The van der Waals surface area contributed by atoms with Crippen LogP contribution in [0.5, 0.6) is 0 Å². The van der Waals surface area contributed by atoms with Gasteiger partial charge < -0.3 is 14.2 Å². The van der Waals surface area contributed by atoms with Crippen LogP contribution in [-0.4, -0.2) is 44.4 Å². The smallest absolute Gasteiger partial charge is 0.257 e. The molecule has 1 aromatic carbocycles. The van der Waals surface area contributed by atoms with E-state index in [1.165, 1.54) is 22.9 Å². The minimum Gasteiger partial charge on any atom is -0.372 e. The number of hydrogen-bond donors (Lipinski definition) is 0. The molecule has 0 spiro atoms. The molecule has 0 amide bonds. The SMILES string of the molecule is Cc1noc(-c2ccc(C3CN(c4nc(-c5ccncc5F)cc(=O)n4C)CCCO3)cc2)n1. The maximum absolute atomic E-state index is 14.3. The molecule has 1 atom stereocenters. The van der Waals surface area contributed by atoms with Crippen molar-refractivity contribution in [3.8, 4) is 22.7 Å². The zero-order valence-electron chi connectivity index (χ0n) is 18.8. The van der Waals surface area contributed by atoms with Crippen LogP contribution in [0.1, 0.15) is 23.9 Å². The molecule has 10 heteroatoms. The normalized spacial score (nSPS) is 16.4. The molecule has 34 heavy (non-hydrogen) atoms. The molecule has 0 aliphatic carbocycles. The van der Waals surface area contributed by atoms with Crippen LogP contribution >= 0.6 is 0 Å². The second kappa shape index (κ2) is 9.14. The van der Waals surface area contributed by atoms with Crippen molar-refractivity contribution in [1.82, 2.24) is 24.7 Å². The van der Waals surface area contributed by atoms with Gasteiger partial charge >= 0.3 is 0 Å². The predicted molar refractivity (Wildman–Crippen MR) is 123 cm³/mol. The molecular weight excluding hydrogens is 439 g/mol. The highest BCUT2D eigenvalue weighted by atomic mass is 19.1. The summed E-state index contributed by atoms with van der Waals surface area (Å²) in [5.74, 6) is 0.982. The highest BCUT2D eigenvalue weighted by Crippen LogP contribution is 2.28. The Morgan fingerprint density at radius 2 is 1.97 bits per heavy atom. The molecule has 9 nitrogen and oxygen atoms in total. The molecule has 1 fully saturated rings. The van der Waals surface area contributed by atoms with Gasteiger partial charge in [-0.25, -0.2) is 9.37 Å². The minimum atomic E-state index is -0.525. The molecule has 4 aromatic rings. The number of ether oxygens (including phenoxy) is 1. The van der Waals surface area contributed by atoms with Gasteiger partial charge in [0.1, 0.15) is 6.10 Å². The number of rotatable bonds is 4. The van der Waals surface area contributed by atoms with Crippen molar-refractivity contribution in [3.63, 3.8) is 0 Å². The summed E-state index contributed by atoms with van der Waals surface area (Å²) in [4.78, 5) is 27.4. The van der Waals surface area contributed by atoms with Gasteiger partial charge in [-0.2, -0.15) is 4.98 Å². The summed E-state index contributed by atoms with van der Waals surface area (Å²) >= 11 is 0. The van der Waals surface area contributed by atoms with Gasteiger partial charge in [-0.1, -0.05) is 17.3 Å². The van der Waals surface area contributed by atoms with Crippen LogP contribution < -0.4 is 10.5 Å². The molecule has 1 saturated heterocycles. The highest BCUT2D eigenvalue weighted by Gasteiger charge is 2.24. The second-order valence-electron chi connectivity index (χ2n) is 8.12. The zero-order valence-corrected chi connectivity index (χ0v) is 18.8. The van der Waals surface area contributed by atoms with Gasteiger partial charge in [0, 0.05) is 43.6 Å². The fourth-order valence-corrected chi connectivity index (χ4v) is 3.99. The first-order chi connectivity index (χ1) is 16.5. The fraction of sp³-hybridized carbons (Fsp3) is 0.292. The maximum Gasteiger partial charge on any atom is 0.257 e. The van der Waals surface area contributed by atoms with Crippen molar-refractivity contribution in [2.45, 2.75) is 19.4 Å². The van der Waals surface area contributed by atoms with Gasteiger partial charge in [0.15, 0.2) is 11.6 Å². The van der Waals surface area contributed by atoms with Gasteiger partial charge in [0.2, 0.25) is 5.95 Å². The molecule has 1 aliphatic rings. The lowest BCUT2D eigenvalue weighted by Crippen LogP contribution is -2.34. The Morgan fingerprint density at radius 1 is 1.15 bits per heavy atom. The number of pyridine rings is 1. The fourth-order valence-electron chi connectivity index (χ4n) is 3.99. The van der Waals surface area contributed by atoms with E-state index in [9.17, 15) is 9.18 Å². The molecule has 4 heterocycles. The summed E-state index contributed by atoms with van der Waals surface area (Å²) in [6.45, 7) is 3.48. The van der Waals surface area contributed by atoms with Gasteiger partial charge in [0.05, 0.1) is 18.4 Å². The van der Waals surface area contributed by atoms with E-state index in [0.29, 0.717) is 37.4 Å². The average molecular weight is 462 g/mol. The van der Waals surface area contributed by atoms with Gasteiger partial charge in [0.25, 0.3) is 11.4 Å². The summed E-state index contributed by atoms with van der Waals surface area (Å²) in [5.41, 5.74) is 2.05. The van der Waals surface area contributed by atoms with Gasteiger partial charge in [-0.3, -0.25) is 14.3 Å². The van der Waals surface area contributed by atoms with Crippen LogP contribution in [0.2, 0.25) is 0 Å². The van der Waals surface area contributed by atoms with E-state index in [-0.39, 0.29) is 22.9 Å². The van der Waals surface area contributed by atoms with Crippen molar-refractivity contribution < 1.29 is 13.7 Å². The minimum absolute atomic E-state index is 0.237. The Labute approximate surface area is 194 Å². The Bertz CT molecular complexity index is 1370. The van der Waals surface area contributed by atoms with Crippen LogP contribution in [-0.2, 0) is 11.8 Å². The lowest BCUT2D eigenvalue weighted by molar-refractivity contribution is 0.0685. The first-order valence-corrected chi connectivity index (χ1v) is 10.9. The molecule has 0 N–H and O–H groups in total. The lowest BCUT2D eigenvalue weighted by atomic mass is 10.1. The maximum atomic E-state index is 14.3. The Balaban J connectivity index is 1.45. The van der Waals surface area contributed by atoms with Crippen LogP contribution in [0, 0.1) is 12.7 Å². The largest absolute Gasteiger partial charge is 0.372 e.